The maximum Gasteiger partial charge on any atom is 0.434 e. The summed E-state index contributed by atoms with van der Waals surface area (Å²) >= 11 is 0. The van der Waals surface area contributed by atoms with Crippen molar-refractivity contribution in [1.29, 1.82) is 0 Å². The molecule has 0 atom stereocenters. The summed E-state index contributed by atoms with van der Waals surface area (Å²) in [4.78, 5) is 16.3. The summed E-state index contributed by atoms with van der Waals surface area (Å²) in [6.07, 6.45) is 0.869. The predicted octanol–water partition coefficient (Wildman–Crippen LogP) is 2.31. The van der Waals surface area contributed by atoms with Crippen LogP contribution in [-0.2, 0) is 4.74 Å². The van der Waals surface area contributed by atoms with Crippen molar-refractivity contribution in [3.8, 4) is 0 Å². The highest BCUT2D eigenvalue weighted by molar-refractivity contribution is 5.87. The van der Waals surface area contributed by atoms with Crippen molar-refractivity contribution in [2.45, 2.75) is 6.92 Å². The summed E-state index contributed by atoms with van der Waals surface area (Å²) in [5, 5.41) is 0. The van der Waals surface area contributed by atoms with Crippen molar-refractivity contribution in [2.75, 3.05) is 18.6 Å². The molecule has 0 heterocycles. The van der Waals surface area contributed by atoms with Crippen LogP contribution < -0.4 is 4.90 Å². The number of benzene rings is 1. The lowest BCUT2D eigenvalue weighted by molar-refractivity contribution is 0.163. The van der Waals surface area contributed by atoms with Crippen LogP contribution in [0, 0.1) is 0 Å². The molecule has 0 radical (unpaired) electrons. The quantitative estimate of drug-likeness (QED) is 0.563. The van der Waals surface area contributed by atoms with E-state index in [1.54, 1.807) is 11.8 Å². The van der Waals surface area contributed by atoms with Gasteiger partial charge in [-0.1, -0.05) is 18.2 Å². The maximum atomic E-state index is 10.9. The molecule has 1 aromatic carbocycles. The molecule has 1 rings (SSSR count). The first-order chi connectivity index (χ1) is 7.24. The Balaban J connectivity index is 2.56. The van der Waals surface area contributed by atoms with Gasteiger partial charge in [0, 0.05) is 12.7 Å². The fraction of sp³-hybridized carbons (Fsp3) is 0.273. The van der Waals surface area contributed by atoms with Gasteiger partial charge < -0.3 is 9.64 Å². The van der Waals surface area contributed by atoms with E-state index >= 15 is 0 Å². The predicted molar refractivity (Wildman–Crippen MR) is 60.4 cm³/mol. The molecule has 1 aromatic rings. The third-order valence-corrected chi connectivity index (χ3v) is 1.77. The second-order valence-corrected chi connectivity index (χ2v) is 2.89. The third-order valence-electron chi connectivity index (χ3n) is 1.77. The van der Waals surface area contributed by atoms with E-state index in [-0.39, 0.29) is 0 Å². The van der Waals surface area contributed by atoms with Crippen LogP contribution in [0.5, 0.6) is 0 Å². The summed E-state index contributed by atoms with van der Waals surface area (Å²) in [7, 11) is 1.82. The zero-order valence-electron chi connectivity index (χ0n) is 8.88. The van der Waals surface area contributed by atoms with Crippen LogP contribution in [0.1, 0.15) is 6.92 Å². The van der Waals surface area contributed by atoms with Gasteiger partial charge in [-0.2, -0.15) is 4.99 Å². The lowest BCUT2D eigenvalue weighted by Gasteiger charge is -2.11. The normalized spacial score (nSPS) is 10.3. The van der Waals surface area contributed by atoms with Crippen LogP contribution in [0.4, 0.5) is 10.5 Å². The van der Waals surface area contributed by atoms with Gasteiger partial charge >= 0.3 is 6.09 Å². The first-order valence-corrected chi connectivity index (χ1v) is 4.73. The van der Waals surface area contributed by atoms with Crippen molar-refractivity contribution < 1.29 is 9.53 Å². The van der Waals surface area contributed by atoms with Crippen LogP contribution in [-0.4, -0.2) is 26.1 Å². The summed E-state index contributed by atoms with van der Waals surface area (Å²) in [5.74, 6) is 0. The van der Waals surface area contributed by atoms with E-state index in [1.165, 1.54) is 6.34 Å². The molecule has 0 saturated carbocycles. The molecule has 0 aliphatic rings. The number of ether oxygens (including phenoxy) is 1. The lowest BCUT2D eigenvalue weighted by atomic mass is 10.3. The highest BCUT2D eigenvalue weighted by Crippen LogP contribution is 2.08. The summed E-state index contributed by atoms with van der Waals surface area (Å²) < 4.78 is 4.66. The first kappa shape index (κ1) is 11.2. The van der Waals surface area contributed by atoms with Crippen molar-refractivity contribution in [2.24, 2.45) is 4.99 Å². The van der Waals surface area contributed by atoms with E-state index in [2.05, 4.69) is 9.73 Å². The van der Waals surface area contributed by atoms with Gasteiger partial charge in [-0.3, -0.25) is 0 Å². The van der Waals surface area contributed by atoms with Gasteiger partial charge in [0.05, 0.1) is 6.61 Å². The van der Waals surface area contributed by atoms with Crippen molar-refractivity contribution in [3.63, 3.8) is 0 Å². The number of carbonyl (C=O) groups excluding carboxylic acids is 1. The zero-order chi connectivity index (χ0) is 11.1. The molecular weight excluding hydrogens is 192 g/mol. The number of anilines is 1. The Labute approximate surface area is 89.2 Å². The topological polar surface area (TPSA) is 41.9 Å². The van der Waals surface area contributed by atoms with Crippen LogP contribution in [0.25, 0.3) is 0 Å². The maximum absolute atomic E-state index is 10.9. The molecule has 0 N–H and O–H groups in total. The summed E-state index contributed by atoms with van der Waals surface area (Å²) in [6.45, 7) is 2.08. The summed E-state index contributed by atoms with van der Waals surface area (Å²) in [6, 6.07) is 9.63. The second kappa shape index (κ2) is 5.80. The number of carbonyl (C=O) groups is 1. The molecule has 15 heavy (non-hydrogen) atoms. The Morgan fingerprint density at radius 1 is 1.47 bits per heavy atom. The lowest BCUT2D eigenvalue weighted by Crippen LogP contribution is -2.15. The van der Waals surface area contributed by atoms with Gasteiger partial charge in [0.1, 0.15) is 6.34 Å². The van der Waals surface area contributed by atoms with E-state index in [0.29, 0.717) is 6.61 Å². The average molecular weight is 206 g/mol. The van der Waals surface area contributed by atoms with Gasteiger partial charge in [0.15, 0.2) is 0 Å². The van der Waals surface area contributed by atoms with Crippen LogP contribution >= 0.6 is 0 Å². The molecule has 1 amide bonds. The number of para-hydroxylation sites is 1. The Kier molecular flexibility index (Phi) is 4.34. The average Bonchev–Trinajstić information content (AvgIpc) is 2.27. The molecule has 0 unspecified atom stereocenters. The molecule has 0 saturated heterocycles. The van der Waals surface area contributed by atoms with Gasteiger partial charge in [0.25, 0.3) is 0 Å². The molecule has 0 spiro atoms. The molecule has 0 aromatic heterocycles. The van der Waals surface area contributed by atoms with E-state index in [9.17, 15) is 4.79 Å². The molecular formula is C11H14N2O2. The highest BCUT2D eigenvalue weighted by Gasteiger charge is 1.98. The van der Waals surface area contributed by atoms with Gasteiger partial charge in [-0.15, -0.1) is 0 Å². The molecule has 4 nitrogen and oxygen atoms in total. The Morgan fingerprint density at radius 3 is 2.73 bits per heavy atom. The molecule has 0 fully saturated rings. The fourth-order valence-corrected chi connectivity index (χ4v) is 1.02. The standard InChI is InChI=1S/C11H14N2O2/c1-3-15-11(14)12-9-13(2)10-7-5-4-6-8-10/h4-9H,3H2,1-2H3/b12-9+. The van der Waals surface area contributed by atoms with Crippen LogP contribution in [0.3, 0.4) is 0 Å². The minimum absolute atomic E-state index is 0.339. The Morgan fingerprint density at radius 2 is 2.13 bits per heavy atom. The van der Waals surface area contributed by atoms with Crippen LogP contribution in [0.15, 0.2) is 35.3 Å². The van der Waals surface area contributed by atoms with Gasteiger partial charge in [-0.25, -0.2) is 4.79 Å². The van der Waals surface area contributed by atoms with E-state index in [0.717, 1.165) is 5.69 Å². The number of rotatable bonds is 3. The Bertz CT molecular complexity index is 336. The summed E-state index contributed by atoms with van der Waals surface area (Å²) in [5.41, 5.74) is 0.963. The highest BCUT2D eigenvalue weighted by atomic mass is 16.5. The number of hydrogen-bond acceptors (Lipinski definition) is 2. The monoisotopic (exact) mass is 206 g/mol. The second-order valence-electron chi connectivity index (χ2n) is 2.89. The molecule has 4 heteroatoms. The van der Waals surface area contributed by atoms with E-state index < -0.39 is 6.09 Å². The first-order valence-electron chi connectivity index (χ1n) is 4.73. The van der Waals surface area contributed by atoms with Crippen molar-refractivity contribution >= 4 is 18.1 Å². The fourth-order valence-electron chi connectivity index (χ4n) is 1.02. The Hall–Kier alpha value is -1.84. The van der Waals surface area contributed by atoms with E-state index in [1.807, 2.05) is 37.4 Å². The number of amides is 1. The number of nitrogens with zero attached hydrogens (tertiary/aromatic N) is 2. The smallest absolute Gasteiger partial charge is 0.434 e. The molecule has 80 valence electrons. The third kappa shape index (κ3) is 3.81. The SMILES string of the molecule is CCOC(=O)/N=C/N(C)c1ccccc1. The van der Waals surface area contributed by atoms with E-state index in [4.69, 9.17) is 0 Å². The molecule has 0 aliphatic carbocycles. The minimum atomic E-state index is -0.569. The van der Waals surface area contributed by atoms with Crippen molar-refractivity contribution in [1.82, 2.24) is 0 Å². The zero-order valence-corrected chi connectivity index (χ0v) is 8.88. The largest absolute Gasteiger partial charge is 0.448 e. The number of hydrogen-bond donors (Lipinski definition) is 0. The number of aliphatic imine (C=N–C) groups is 1. The molecule has 0 aliphatic heterocycles. The van der Waals surface area contributed by atoms with Gasteiger partial charge in [-0.05, 0) is 19.1 Å². The van der Waals surface area contributed by atoms with Crippen molar-refractivity contribution in [3.05, 3.63) is 30.3 Å². The molecule has 0 bridgehead atoms. The van der Waals surface area contributed by atoms with Gasteiger partial charge in [0.2, 0.25) is 0 Å². The minimum Gasteiger partial charge on any atom is -0.448 e. The van der Waals surface area contributed by atoms with Crippen LogP contribution in [0.2, 0.25) is 0 Å².